The third-order valence-electron chi connectivity index (χ3n) is 3.91. The molecule has 0 aromatic carbocycles. The summed E-state index contributed by atoms with van der Waals surface area (Å²) in [5.41, 5.74) is -0.927. The van der Waals surface area contributed by atoms with Gasteiger partial charge in [-0.3, -0.25) is 0 Å². The predicted octanol–water partition coefficient (Wildman–Crippen LogP) is 1.95. The maximum atomic E-state index is 10.4. The number of nitrogens with zero attached hydrogens (tertiary/aromatic N) is 1. The fourth-order valence-electron chi connectivity index (χ4n) is 2.69. The van der Waals surface area contributed by atoms with Crippen LogP contribution in [0.5, 0.6) is 0 Å². The molecule has 1 aliphatic rings. The maximum Gasteiger partial charge on any atom is 0.136 e. The zero-order valence-electron chi connectivity index (χ0n) is 12.1. The van der Waals surface area contributed by atoms with Crippen LogP contribution >= 0.6 is 0 Å². The van der Waals surface area contributed by atoms with Gasteiger partial charge in [-0.25, -0.2) is 0 Å². The van der Waals surface area contributed by atoms with Crippen LogP contribution in [0.15, 0.2) is 22.8 Å². The molecular formula is C15H26N2O2. The minimum absolute atomic E-state index is 0.509. The normalized spacial score (nSPS) is 21.4. The van der Waals surface area contributed by atoms with Crippen molar-refractivity contribution in [2.45, 2.75) is 44.8 Å². The van der Waals surface area contributed by atoms with Crippen LogP contribution in [0, 0.1) is 0 Å². The van der Waals surface area contributed by atoms with Crippen molar-refractivity contribution in [1.82, 2.24) is 10.2 Å². The minimum Gasteiger partial charge on any atom is -0.466 e. The van der Waals surface area contributed by atoms with Crippen molar-refractivity contribution in [3.63, 3.8) is 0 Å². The maximum absolute atomic E-state index is 10.4. The van der Waals surface area contributed by atoms with Crippen LogP contribution in [0.4, 0.5) is 0 Å². The Morgan fingerprint density at radius 3 is 2.79 bits per heavy atom. The van der Waals surface area contributed by atoms with Crippen LogP contribution in [-0.2, 0) is 5.60 Å². The summed E-state index contributed by atoms with van der Waals surface area (Å²) >= 11 is 0. The highest BCUT2D eigenvalue weighted by Gasteiger charge is 2.28. The Kier molecular flexibility index (Phi) is 5.02. The van der Waals surface area contributed by atoms with Crippen LogP contribution in [0.3, 0.4) is 0 Å². The van der Waals surface area contributed by atoms with E-state index in [-0.39, 0.29) is 0 Å². The van der Waals surface area contributed by atoms with E-state index in [0.717, 1.165) is 25.9 Å². The largest absolute Gasteiger partial charge is 0.466 e. The molecule has 1 aromatic heterocycles. The molecule has 2 rings (SSSR count). The highest BCUT2D eigenvalue weighted by atomic mass is 16.4. The first-order chi connectivity index (χ1) is 9.12. The molecule has 19 heavy (non-hydrogen) atoms. The first kappa shape index (κ1) is 14.6. The van der Waals surface area contributed by atoms with Gasteiger partial charge >= 0.3 is 0 Å². The number of aliphatic hydroxyl groups is 1. The predicted molar refractivity (Wildman–Crippen MR) is 76.0 cm³/mol. The number of hydrogen-bond donors (Lipinski definition) is 2. The molecule has 2 heterocycles. The monoisotopic (exact) mass is 266 g/mol. The third kappa shape index (κ3) is 4.06. The molecule has 0 aliphatic carbocycles. The van der Waals surface area contributed by atoms with Crippen LogP contribution < -0.4 is 5.32 Å². The molecule has 4 nitrogen and oxygen atoms in total. The summed E-state index contributed by atoms with van der Waals surface area (Å²) in [7, 11) is 0. The van der Waals surface area contributed by atoms with Gasteiger partial charge in [-0.05, 0) is 58.0 Å². The number of furan rings is 1. The molecule has 1 atom stereocenters. The Bertz CT molecular complexity index is 354. The third-order valence-corrected chi connectivity index (χ3v) is 3.91. The van der Waals surface area contributed by atoms with Crippen molar-refractivity contribution in [2.75, 3.05) is 26.2 Å². The van der Waals surface area contributed by atoms with E-state index in [0.29, 0.717) is 18.3 Å². The molecule has 2 N–H and O–H groups in total. The summed E-state index contributed by atoms with van der Waals surface area (Å²) in [4.78, 5) is 2.52. The quantitative estimate of drug-likeness (QED) is 0.826. The highest BCUT2D eigenvalue weighted by molar-refractivity contribution is 5.08. The summed E-state index contributed by atoms with van der Waals surface area (Å²) in [6.07, 6.45) is 5.15. The highest BCUT2D eigenvalue weighted by Crippen LogP contribution is 2.21. The van der Waals surface area contributed by atoms with Gasteiger partial charge in [-0.2, -0.15) is 0 Å². The second-order valence-electron chi connectivity index (χ2n) is 5.75. The Morgan fingerprint density at radius 1 is 1.47 bits per heavy atom. The Morgan fingerprint density at radius 2 is 2.21 bits per heavy atom. The molecule has 108 valence electrons. The number of piperidine rings is 1. The van der Waals surface area contributed by atoms with Crippen LogP contribution in [0.2, 0.25) is 0 Å². The van der Waals surface area contributed by atoms with Crippen LogP contribution in [-0.4, -0.2) is 42.2 Å². The molecule has 1 saturated heterocycles. The summed E-state index contributed by atoms with van der Waals surface area (Å²) in [5, 5.41) is 13.9. The number of likely N-dealkylation sites (tertiary alicyclic amines) is 1. The Balaban J connectivity index is 1.75. The molecule has 1 unspecified atom stereocenters. The first-order valence-corrected chi connectivity index (χ1v) is 7.34. The van der Waals surface area contributed by atoms with Crippen molar-refractivity contribution in [3.05, 3.63) is 24.2 Å². The molecular weight excluding hydrogens is 240 g/mol. The van der Waals surface area contributed by atoms with E-state index >= 15 is 0 Å². The molecule has 0 bridgehead atoms. The first-order valence-electron chi connectivity index (χ1n) is 7.34. The summed E-state index contributed by atoms with van der Waals surface area (Å²) in [5.74, 6) is 0.628. The van der Waals surface area contributed by atoms with Gasteiger partial charge in [-0.15, -0.1) is 0 Å². The average molecular weight is 266 g/mol. The summed E-state index contributed by atoms with van der Waals surface area (Å²) in [6, 6.07) is 4.15. The fourth-order valence-corrected chi connectivity index (χ4v) is 2.69. The summed E-state index contributed by atoms with van der Waals surface area (Å²) in [6.45, 7) is 8.09. The van der Waals surface area contributed by atoms with E-state index in [2.05, 4.69) is 17.1 Å². The standard InChI is InChI=1S/C15H26N2O2/c1-3-8-17-9-6-13(7-10-17)16-12-15(2,18)14-5-4-11-19-14/h4-5,11,13,16,18H,3,6-10,12H2,1-2H3. The van der Waals surface area contributed by atoms with Crippen molar-refractivity contribution in [2.24, 2.45) is 0 Å². The molecule has 1 aliphatic heterocycles. The lowest BCUT2D eigenvalue weighted by Crippen LogP contribution is -2.46. The van der Waals surface area contributed by atoms with Gasteiger partial charge in [0.1, 0.15) is 11.4 Å². The SMILES string of the molecule is CCCN1CCC(NCC(C)(O)c2ccco2)CC1. The van der Waals surface area contributed by atoms with E-state index in [1.165, 1.54) is 13.0 Å². The lowest BCUT2D eigenvalue weighted by atomic mass is 10.0. The number of rotatable bonds is 6. The van der Waals surface area contributed by atoms with E-state index in [1.807, 2.05) is 12.1 Å². The topological polar surface area (TPSA) is 48.6 Å². The lowest BCUT2D eigenvalue weighted by molar-refractivity contribution is 0.0288. The van der Waals surface area contributed by atoms with E-state index in [9.17, 15) is 5.11 Å². The molecule has 1 fully saturated rings. The van der Waals surface area contributed by atoms with Crippen molar-refractivity contribution in [3.8, 4) is 0 Å². The smallest absolute Gasteiger partial charge is 0.136 e. The number of nitrogens with one attached hydrogen (secondary N) is 1. The molecule has 1 aromatic rings. The van der Waals surface area contributed by atoms with Gasteiger partial charge in [0.25, 0.3) is 0 Å². The second kappa shape index (κ2) is 6.55. The van der Waals surface area contributed by atoms with Gasteiger partial charge in [-0.1, -0.05) is 6.92 Å². The van der Waals surface area contributed by atoms with Gasteiger partial charge < -0.3 is 19.7 Å². The zero-order chi connectivity index (χ0) is 13.7. The number of hydrogen-bond acceptors (Lipinski definition) is 4. The molecule has 0 amide bonds. The van der Waals surface area contributed by atoms with Gasteiger partial charge in [0.15, 0.2) is 0 Å². The molecule has 0 spiro atoms. The van der Waals surface area contributed by atoms with Gasteiger partial charge in [0.2, 0.25) is 0 Å². The summed E-state index contributed by atoms with van der Waals surface area (Å²) < 4.78 is 5.29. The minimum atomic E-state index is -0.927. The fraction of sp³-hybridized carbons (Fsp3) is 0.733. The molecule has 4 heteroatoms. The van der Waals surface area contributed by atoms with E-state index in [1.54, 1.807) is 13.2 Å². The van der Waals surface area contributed by atoms with E-state index < -0.39 is 5.60 Å². The van der Waals surface area contributed by atoms with Crippen LogP contribution in [0.25, 0.3) is 0 Å². The van der Waals surface area contributed by atoms with Crippen molar-refractivity contribution < 1.29 is 9.52 Å². The van der Waals surface area contributed by atoms with E-state index in [4.69, 9.17) is 4.42 Å². The molecule has 0 radical (unpaired) electrons. The lowest BCUT2D eigenvalue weighted by Gasteiger charge is -2.33. The van der Waals surface area contributed by atoms with Gasteiger partial charge in [0, 0.05) is 12.6 Å². The van der Waals surface area contributed by atoms with Crippen LogP contribution in [0.1, 0.15) is 38.9 Å². The average Bonchev–Trinajstić information content (AvgIpc) is 2.93. The Hall–Kier alpha value is -0.840. The second-order valence-corrected chi connectivity index (χ2v) is 5.75. The zero-order valence-corrected chi connectivity index (χ0v) is 12.1. The van der Waals surface area contributed by atoms with Gasteiger partial charge in [0.05, 0.1) is 6.26 Å². The van der Waals surface area contributed by atoms with Crippen molar-refractivity contribution in [1.29, 1.82) is 0 Å². The molecule has 0 saturated carbocycles. The van der Waals surface area contributed by atoms with Crippen molar-refractivity contribution >= 4 is 0 Å². The Labute approximate surface area is 115 Å².